The lowest BCUT2D eigenvalue weighted by Gasteiger charge is -1.87. The average Bonchev–Trinajstić information content (AvgIpc) is 2.08. The average molecular weight is 168 g/mol. The van der Waals surface area contributed by atoms with E-state index in [0.29, 0.717) is 4.09 Å². The summed E-state index contributed by atoms with van der Waals surface area (Å²) in [6.07, 6.45) is 2.36. The van der Waals surface area contributed by atoms with Crippen molar-refractivity contribution in [3.63, 3.8) is 0 Å². The zero-order chi connectivity index (χ0) is 6.91. The Morgan fingerprint density at radius 3 is 2.44 bits per heavy atom. The highest BCUT2D eigenvalue weighted by atomic mass is 35.7. The Kier molecular flexibility index (Phi) is 1.42. The highest BCUT2D eigenvalue weighted by Gasteiger charge is 2.06. The fourth-order valence-electron chi connectivity index (χ4n) is 0.314. The molecule has 0 spiro atoms. The van der Waals surface area contributed by atoms with Crippen molar-refractivity contribution < 1.29 is 8.42 Å². The van der Waals surface area contributed by atoms with Gasteiger partial charge in [0.15, 0.2) is 0 Å². The largest absolute Gasteiger partial charge is 0.341 e. The first kappa shape index (κ1) is 6.50. The molecule has 0 N–H and O–H groups in total. The van der Waals surface area contributed by atoms with Gasteiger partial charge in [0.2, 0.25) is 0 Å². The fourth-order valence-corrected chi connectivity index (χ4v) is 0.864. The van der Waals surface area contributed by atoms with Crippen molar-refractivity contribution in [1.29, 1.82) is 0 Å². The van der Waals surface area contributed by atoms with Gasteiger partial charge < -0.3 is 0 Å². The Morgan fingerprint density at radius 2 is 2.22 bits per heavy atom. The summed E-state index contributed by atoms with van der Waals surface area (Å²) in [6, 6.07) is 0. The van der Waals surface area contributed by atoms with Crippen LogP contribution in [0.25, 0.3) is 0 Å². The third-order valence-electron chi connectivity index (χ3n) is 0.624. The molecular weight excluding hydrogens is 166 g/mol. The summed E-state index contributed by atoms with van der Waals surface area (Å²) in [5.41, 5.74) is 0. The molecule has 0 fully saturated rings. The number of hydrogen-bond donors (Lipinski definition) is 0. The van der Waals surface area contributed by atoms with Gasteiger partial charge in [0.1, 0.15) is 0 Å². The first-order valence-electron chi connectivity index (χ1n) is 1.92. The maximum Gasteiger partial charge on any atom is 0.341 e. The summed E-state index contributed by atoms with van der Waals surface area (Å²) in [4.78, 5) is 0. The summed E-state index contributed by atoms with van der Waals surface area (Å²) in [5, 5.41) is 6.37. The SMILES string of the molecule is O=S(=O)(Cl)n1ccnn1. The molecule has 0 bridgehead atoms. The molecule has 0 saturated heterocycles. The van der Waals surface area contributed by atoms with Crippen LogP contribution in [0.1, 0.15) is 0 Å². The monoisotopic (exact) mass is 167 g/mol. The van der Waals surface area contributed by atoms with E-state index in [2.05, 4.69) is 10.3 Å². The molecule has 50 valence electrons. The lowest BCUT2D eigenvalue weighted by Crippen LogP contribution is -2.04. The minimum atomic E-state index is -3.74. The van der Waals surface area contributed by atoms with E-state index in [-0.39, 0.29) is 0 Å². The number of hydrogen-bond acceptors (Lipinski definition) is 4. The van der Waals surface area contributed by atoms with Crippen LogP contribution < -0.4 is 0 Å². The maximum absolute atomic E-state index is 10.3. The summed E-state index contributed by atoms with van der Waals surface area (Å²) in [5.74, 6) is 0. The van der Waals surface area contributed by atoms with Gasteiger partial charge in [0, 0.05) is 10.7 Å². The highest BCUT2D eigenvalue weighted by Crippen LogP contribution is 1.96. The van der Waals surface area contributed by atoms with Crippen molar-refractivity contribution in [3.8, 4) is 0 Å². The predicted octanol–water partition coefficient (Wildman–Crippen LogP) is -0.390. The van der Waals surface area contributed by atoms with Gasteiger partial charge in [0.05, 0.1) is 12.4 Å². The summed E-state index contributed by atoms with van der Waals surface area (Å²) in [6.45, 7) is 0. The number of rotatable bonds is 1. The normalized spacial score (nSPS) is 11.7. The second-order valence-corrected chi connectivity index (χ2v) is 3.59. The van der Waals surface area contributed by atoms with Gasteiger partial charge >= 0.3 is 9.24 Å². The molecule has 0 aliphatic heterocycles. The molecule has 9 heavy (non-hydrogen) atoms. The van der Waals surface area contributed by atoms with Gasteiger partial charge in [-0.1, -0.05) is 5.21 Å². The Morgan fingerprint density at radius 1 is 1.56 bits per heavy atom. The molecule has 0 saturated carbocycles. The van der Waals surface area contributed by atoms with E-state index in [1.165, 1.54) is 6.20 Å². The van der Waals surface area contributed by atoms with Gasteiger partial charge in [0.25, 0.3) is 0 Å². The van der Waals surface area contributed by atoms with Crippen LogP contribution in [0.15, 0.2) is 12.4 Å². The molecular formula is C2H2ClN3O2S. The van der Waals surface area contributed by atoms with E-state index < -0.39 is 9.24 Å². The highest BCUT2D eigenvalue weighted by molar-refractivity contribution is 8.12. The predicted molar refractivity (Wildman–Crippen MR) is 30.2 cm³/mol. The van der Waals surface area contributed by atoms with Crippen LogP contribution in [-0.2, 0) is 9.24 Å². The first-order chi connectivity index (χ1) is 4.11. The number of halogens is 1. The van der Waals surface area contributed by atoms with Crippen LogP contribution in [0.4, 0.5) is 0 Å². The van der Waals surface area contributed by atoms with Crippen molar-refractivity contribution in [3.05, 3.63) is 12.4 Å². The fraction of sp³-hybridized carbons (Fsp3) is 0. The Hall–Kier alpha value is -0.620. The lowest BCUT2D eigenvalue weighted by molar-refractivity contribution is 0.592. The topological polar surface area (TPSA) is 64.8 Å². The van der Waals surface area contributed by atoms with E-state index >= 15 is 0 Å². The number of aromatic nitrogens is 3. The summed E-state index contributed by atoms with van der Waals surface area (Å²) in [7, 11) is 1.09. The summed E-state index contributed by atoms with van der Waals surface area (Å²) < 4.78 is 21.2. The third kappa shape index (κ3) is 1.39. The van der Waals surface area contributed by atoms with E-state index in [9.17, 15) is 8.42 Å². The third-order valence-corrected chi connectivity index (χ3v) is 1.69. The molecule has 1 aromatic rings. The van der Waals surface area contributed by atoms with Crippen LogP contribution >= 0.6 is 10.7 Å². The van der Waals surface area contributed by atoms with Gasteiger partial charge in [-0.05, 0) is 0 Å². The minimum Gasteiger partial charge on any atom is -0.187 e. The molecule has 0 atom stereocenters. The van der Waals surface area contributed by atoms with Crippen molar-refractivity contribution in [1.82, 2.24) is 14.4 Å². The van der Waals surface area contributed by atoms with Crippen molar-refractivity contribution in [2.45, 2.75) is 0 Å². The van der Waals surface area contributed by atoms with Crippen molar-refractivity contribution in [2.24, 2.45) is 0 Å². The van der Waals surface area contributed by atoms with Crippen LogP contribution in [0.3, 0.4) is 0 Å². The Labute approximate surface area is 55.8 Å². The van der Waals surface area contributed by atoms with Crippen molar-refractivity contribution >= 4 is 19.9 Å². The molecule has 1 rings (SSSR count). The molecule has 0 radical (unpaired) electrons. The molecule has 1 heterocycles. The van der Waals surface area contributed by atoms with E-state index in [4.69, 9.17) is 10.7 Å². The Bertz CT molecular complexity index is 277. The standard InChI is InChI=1S/C2H2ClN3O2S/c3-9(7,8)6-2-1-4-5-6/h1-2H. The second-order valence-electron chi connectivity index (χ2n) is 1.22. The molecule has 5 nitrogen and oxygen atoms in total. The maximum atomic E-state index is 10.3. The molecule has 0 aliphatic carbocycles. The van der Waals surface area contributed by atoms with Gasteiger partial charge in [-0.3, -0.25) is 0 Å². The smallest absolute Gasteiger partial charge is 0.187 e. The lowest BCUT2D eigenvalue weighted by atomic mass is 11.0. The molecule has 7 heteroatoms. The second kappa shape index (κ2) is 1.96. The van der Waals surface area contributed by atoms with E-state index in [0.717, 1.165) is 6.20 Å². The zero-order valence-corrected chi connectivity index (χ0v) is 5.67. The zero-order valence-electron chi connectivity index (χ0n) is 4.10. The van der Waals surface area contributed by atoms with Crippen LogP contribution in [0.2, 0.25) is 0 Å². The van der Waals surface area contributed by atoms with Gasteiger partial charge in [-0.15, -0.1) is 9.19 Å². The van der Waals surface area contributed by atoms with Crippen LogP contribution in [-0.4, -0.2) is 22.8 Å². The minimum absolute atomic E-state index is 0.564. The van der Waals surface area contributed by atoms with Gasteiger partial charge in [-0.2, -0.15) is 8.42 Å². The molecule has 0 unspecified atom stereocenters. The summed E-state index contributed by atoms with van der Waals surface area (Å²) >= 11 is 0. The van der Waals surface area contributed by atoms with E-state index in [1.807, 2.05) is 0 Å². The van der Waals surface area contributed by atoms with Crippen molar-refractivity contribution in [2.75, 3.05) is 0 Å². The molecule has 0 aromatic carbocycles. The molecule has 0 amide bonds. The van der Waals surface area contributed by atoms with Gasteiger partial charge in [-0.25, -0.2) is 0 Å². The Balaban J connectivity index is 3.20. The number of nitrogens with zero attached hydrogens (tertiary/aromatic N) is 3. The molecule has 0 aliphatic rings. The van der Waals surface area contributed by atoms with Crippen LogP contribution in [0.5, 0.6) is 0 Å². The van der Waals surface area contributed by atoms with E-state index in [1.54, 1.807) is 0 Å². The van der Waals surface area contributed by atoms with Crippen LogP contribution in [0, 0.1) is 0 Å². The molecule has 1 aromatic heterocycles. The first-order valence-corrected chi connectivity index (χ1v) is 4.19. The quantitative estimate of drug-likeness (QED) is 0.535.